The van der Waals surface area contributed by atoms with Gasteiger partial charge < -0.3 is 9.84 Å². The molecule has 1 N–H and O–H groups in total. The van der Waals surface area contributed by atoms with Gasteiger partial charge in [0.15, 0.2) is 0 Å². The summed E-state index contributed by atoms with van der Waals surface area (Å²) >= 11 is 0. The number of carboxylic acid groups (broad SMARTS) is 1. The highest BCUT2D eigenvalue weighted by molar-refractivity contribution is 6.20. The number of benzene rings is 2. The largest absolute Gasteiger partial charge is 0.494 e. The normalized spacial score (nSPS) is 11.2. The zero-order valence-corrected chi connectivity index (χ0v) is 11.5. The third-order valence-corrected chi connectivity index (χ3v) is 2.87. The lowest BCUT2D eigenvalue weighted by atomic mass is 10.0. The summed E-state index contributed by atoms with van der Waals surface area (Å²) in [5.74, 6) is -0.795. The standard InChI is InChI=1S/C17H15FO3/c1-2-21-15-5-3-4-13(11-15)16(17(19)20)10-12-6-8-14(18)9-7-12/h3-11H,2H2,1H3,(H,19,20)/b16-10-. The molecule has 2 aromatic carbocycles. The third-order valence-electron chi connectivity index (χ3n) is 2.87. The minimum absolute atomic E-state index is 0.128. The van der Waals surface area contributed by atoms with E-state index in [0.29, 0.717) is 23.5 Å². The Balaban J connectivity index is 2.41. The molecule has 0 bridgehead atoms. The molecule has 21 heavy (non-hydrogen) atoms. The number of carbonyl (C=O) groups is 1. The van der Waals surface area contributed by atoms with Gasteiger partial charge in [-0.2, -0.15) is 0 Å². The van der Waals surface area contributed by atoms with E-state index < -0.39 is 5.97 Å². The van der Waals surface area contributed by atoms with Crippen molar-refractivity contribution in [1.29, 1.82) is 0 Å². The second-order valence-corrected chi connectivity index (χ2v) is 4.38. The Bertz CT molecular complexity index is 660. The molecular weight excluding hydrogens is 271 g/mol. The third kappa shape index (κ3) is 3.92. The molecule has 0 heterocycles. The van der Waals surface area contributed by atoms with Crippen LogP contribution in [0.2, 0.25) is 0 Å². The van der Waals surface area contributed by atoms with Crippen molar-refractivity contribution in [2.24, 2.45) is 0 Å². The van der Waals surface area contributed by atoms with Gasteiger partial charge in [0.2, 0.25) is 0 Å². The van der Waals surface area contributed by atoms with Gasteiger partial charge in [-0.15, -0.1) is 0 Å². The van der Waals surface area contributed by atoms with Gasteiger partial charge in [-0.1, -0.05) is 24.3 Å². The van der Waals surface area contributed by atoms with Crippen molar-refractivity contribution in [3.05, 3.63) is 65.5 Å². The Kier molecular flexibility index (Phi) is 4.72. The number of aliphatic carboxylic acids is 1. The Hall–Kier alpha value is -2.62. The monoisotopic (exact) mass is 286 g/mol. The van der Waals surface area contributed by atoms with Gasteiger partial charge in [0, 0.05) is 0 Å². The molecule has 0 aliphatic rings. The van der Waals surface area contributed by atoms with E-state index in [1.54, 1.807) is 24.3 Å². The van der Waals surface area contributed by atoms with E-state index in [1.807, 2.05) is 6.92 Å². The summed E-state index contributed by atoms with van der Waals surface area (Å²) in [7, 11) is 0. The average Bonchev–Trinajstić information content (AvgIpc) is 2.47. The molecule has 0 atom stereocenters. The molecule has 0 fully saturated rings. The number of ether oxygens (including phenoxy) is 1. The molecule has 0 radical (unpaired) electrons. The van der Waals surface area contributed by atoms with Crippen LogP contribution in [0.5, 0.6) is 5.75 Å². The van der Waals surface area contributed by atoms with E-state index in [4.69, 9.17) is 4.74 Å². The molecule has 0 amide bonds. The number of carboxylic acids is 1. The first-order valence-electron chi connectivity index (χ1n) is 6.54. The van der Waals surface area contributed by atoms with Crippen LogP contribution in [0.3, 0.4) is 0 Å². The molecule has 0 unspecified atom stereocenters. The van der Waals surface area contributed by atoms with Crippen molar-refractivity contribution in [2.45, 2.75) is 6.92 Å². The molecule has 0 aliphatic heterocycles. The fourth-order valence-corrected chi connectivity index (χ4v) is 1.91. The van der Waals surface area contributed by atoms with Gasteiger partial charge in [0.1, 0.15) is 11.6 Å². The predicted octanol–water partition coefficient (Wildman–Crippen LogP) is 3.85. The summed E-state index contributed by atoms with van der Waals surface area (Å²) in [6.07, 6.45) is 1.51. The minimum atomic E-state index is -1.05. The van der Waals surface area contributed by atoms with E-state index in [1.165, 1.54) is 30.3 Å². The van der Waals surface area contributed by atoms with E-state index in [0.717, 1.165) is 0 Å². The highest BCUT2D eigenvalue weighted by Gasteiger charge is 2.11. The Morgan fingerprint density at radius 2 is 1.95 bits per heavy atom. The molecule has 2 aromatic rings. The van der Waals surface area contributed by atoms with Crippen LogP contribution >= 0.6 is 0 Å². The molecule has 0 saturated carbocycles. The summed E-state index contributed by atoms with van der Waals surface area (Å²) in [6, 6.07) is 12.5. The summed E-state index contributed by atoms with van der Waals surface area (Å²) in [4.78, 5) is 11.5. The SMILES string of the molecule is CCOc1cccc(/C(=C/c2ccc(F)cc2)C(=O)O)c1. The van der Waals surface area contributed by atoms with Crippen LogP contribution in [0.15, 0.2) is 48.5 Å². The van der Waals surface area contributed by atoms with Crippen molar-refractivity contribution in [3.8, 4) is 5.75 Å². The summed E-state index contributed by atoms with van der Waals surface area (Å²) in [5.41, 5.74) is 1.29. The van der Waals surface area contributed by atoms with E-state index in [2.05, 4.69) is 0 Å². The van der Waals surface area contributed by atoms with Crippen molar-refractivity contribution in [1.82, 2.24) is 0 Å². The van der Waals surface area contributed by atoms with Crippen LogP contribution in [0, 0.1) is 5.82 Å². The fourth-order valence-electron chi connectivity index (χ4n) is 1.91. The number of hydrogen-bond donors (Lipinski definition) is 1. The topological polar surface area (TPSA) is 46.5 Å². The van der Waals surface area contributed by atoms with E-state index in [9.17, 15) is 14.3 Å². The smallest absolute Gasteiger partial charge is 0.336 e. The maximum atomic E-state index is 12.9. The van der Waals surface area contributed by atoms with Crippen molar-refractivity contribution < 1.29 is 19.0 Å². The van der Waals surface area contributed by atoms with Gasteiger partial charge in [0.25, 0.3) is 0 Å². The zero-order valence-electron chi connectivity index (χ0n) is 11.5. The number of hydrogen-bond acceptors (Lipinski definition) is 2. The first kappa shape index (κ1) is 14.8. The fraction of sp³-hybridized carbons (Fsp3) is 0.118. The molecule has 0 saturated heterocycles. The number of halogens is 1. The highest BCUT2D eigenvalue weighted by Crippen LogP contribution is 2.23. The Morgan fingerprint density at radius 1 is 1.24 bits per heavy atom. The maximum absolute atomic E-state index is 12.9. The van der Waals surface area contributed by atoms with Gasteiger partial charge in [-0.25, -0.2) is 9.18 Å². The molecule has 2 rings (SSSR count). The molecule has 0 aromatic heterocycles. The van der Waals surface area contributed by atoms with E-state index >= 15 is 0 Å². The van der Waals surface area contributed by atoms with Crippen LogP contribution in [0.25, 0.3) is 11.6 Å². The van der Waals surface area contributed by atoms with Crippen LogP contribution in [-0.2, 0) is 4.79 Å². The first-order chi connectivity index (χ1) is 10.1. The van der Waals surface area contributed by atoms with Gasteiger partial charge >= 0.3 is 5.97 Å². The van der Waals surface area contributed by atoms with E-state index in [-0.39, 0.29) is 11.4 Å². The quantitative estimate of drug-likeness (QED) is 0.671. The number of rotatable bonds is 5. The second kappa shape index (κ2) is 6.70. The average molecular weight is 286 g/mol. The van der Waals surface area contributed by atoms with Crippen LogP contribution in [0.4, 0.5) is 4.39 Å². The second-order valence-electron chi connectivity index (χ2n) is 4.38. The van der Waals surface area contributed by atoms with Crippen molar-refractivity contribution in [3.63, 3.8) is 0 Å². The first-order valence-corrected chi connectivity index (χ1v) is 6.54. The lowest BCUT2D eigenvalue weighted by Gasteiger charge is -2.07. The minimum Gasteiger partial charge on any atom is -0.494 e. The molecular formula is C17H15FO3. The van der Waals surface area contributed by atoms with Crippen LogP contribution in [-0.4, -0.2) is 17.7 Å². The maximum Gasteiger partial charge on any atom is 0.336 e. The molecule has 108 valence electrons. The molecule has 3 nitrogen and oxygen atoms in total. The van der Waals surface area contributed by atoms with Crippen molar-refractivity contribution >= 4 is 17.6 Å². The van der Waals surface area contributed by atoms with Gasteiger partial charge in [-0.3, -0.25) is 0 Å². The Labute approximate surface area is 122 Å². The summed E-state index contributed by atoms with van der Waals surface area (Å²) in [6.45, 7) is 2.37. The summed E-state index contributed by atoms with van der Waals surface area (Å²) in [5, 5.41) is 9.38. The molecule has 0 spiro atoms. The molecule has 0 aliphatic carbocycles. The van der Waals surface area contributed by atoms with Crippen LogP contribution < -0.4 is 4.74 Å². The highest BCUT2D eigenvalue weighted by atomic mass is 19.1. The van der Waals surface area contributed by atoms with Crippen LogP contribution in [0.1, 0.15) is 18.1 Å². The van der Waals surface area contributed by atoms with Crippen molar-refractivity contribution in [2.75, 3.05) is 6.61 Å². The lowest BCUT2D eigenvalue weighted by molar-refractivity contribution is -0.130. The van der Waals surface area contributed by atoms with Gasteiger partial charge in [-0.05, 0) is 48.4 Å². The van der Waals surface area contributed by atoms with Gasteiger partial charge in [0.05, 0.1) is 12.2 Å². The molecule has 4 heteroatoms. The zero-order chi connectivity index (χ0) is 15.2. The predicted molar refractivity (Wildman–Crippen MR) is 79.5 cm³/mol. The summed E-state index contributed by atoms with van der Waals surface area (Å²) < 4.78 is 18.3. The Morgan fingerprint density at radius 3 is 2.57 bits per heavy atom. The lowest BCUT2D eigenvalue weighted by Crippen LogP contribution is -2.00.